The van der Waals surface area contributed by atoms with Gasteiger partial charge in [0.1, 0.15) is 0 Å². The molecule has 0 saturated carbocycles. The Morgan fingerprint density at radius 1 is 1.12 bits per heavy atom. The summed E-state index contributed by atoms with van der Waals surface area (Å²) in [6.45, 7) is 12.6. The van der Waals surface area contributed by atoms with Crippen LogP contribution < -0.4 is 5.32 Å². The third-order valence-electron chi connectivity index (χ3n) is 4.48. The molecule has 0 spiro atoms. The van der Waals surface area contributed by atoms with Crippen LogP contribution in [0, 0.1) is 5.41 Å². The van der Waals surface area contributed by atoms with Crippen LogP contribution in [-0.4, -0.2) is 32.7 Å². The highest BCUT2D eigenvalue weighted by Crippen LogP contribution is 2.30. The molecule has 0 radical (unpaired) electrons. The first-order chi connectivity index (χ1) is 10.8. The number of nitrogens with zero attached hydrogens (tertiary/aromatic N) is 2. The molecule has 0 unspecified atom stereocenters. The van der Waals surface area contributed by atoms with E-state index in [9.17, 15) is 14.7 Å². The van der Waals surface area contributed by atoms with Crippen molar-refractivity contribution in [3.63, 3.8) is 0 Å². The van der Waals surface area contributed by atoms with Crippen LogP contribution in [0.3, 0.4) is 0 Å². The molecule has 1 rings (SSSR count). The Hall–Kier alpha value is -1.92. The minimum Gasteiger partial charge on any atom is -0.481 e. The average molecular weight is 339 g/mol. The number of carboxylic acids is 1. The predicted molar refractivity (Wildman–Crippen MR) is 89.6 cm³/mol. The van der Waals surface area contributed by atoms with Gasteiger partial charge >= 0.3 is 5.97 Å². The number of aryl methyl sites for hydroxylation is 1. The van der Waals surface area contributed by atoms with Crippen LogP contribution in [0.15, 0.2) is 4.52 Å². The summed E-state index contributed by atoms with van der Waals surface area (Å²) >= 11 is 0. The number of aromatic nitrogens is 2. The van der Waals surface area contributed by atoms with Gasteiger partial charge in [0.15, 0.2) is 5.82 Å². The van der Waals surface area contributed by atoms with Crippen LogP contribution in [0.1, 0.15) is 73.0 Å². The van der Waals surface area contributed by atoms with E-state index >= 15 is 0 Å². The smallest absolute Gasteiger partial charge is 0.311 e. The maximum absolute atomic E-state index is 12.1. The highest BCUT2D eigenvalue weighted by Gasteiger charge is 2.44. The van der Waals surface area contributed by atoms with Gasteiger partial charge in [-0.05, 0) is 34.1 Å². The fraction of sp³-hybridized carbons (Fsp3) is 0.765. The van der Waals surface area contributed by atoms with Gasteiger partial charge in [0.25, 0.3) is 0 Å². The van der Waals surface area contributed by atoms with Crippen molar-refractivity contribution in [2.24, 2.45) is 5.41 Å². The third kappa shape index (κ3) is 4.79. The molecule has 0 saturated heterocycles. The van der Waals surface area contributed by atoms with Gasteiger partial charge in [0, 0.05) is 23.8 Å². The number of hydrogen-bond donors (Lipinski definition) is 2. The Kier molecular flexibility index (Phi) is 5.79. The van der Waals surface area contributed by atoms with Crippen LogP contribution >= 0.6 is 0 Å². The number of hydrogen-bond acceptors (Lipinski definition) is 5. The Labute approximate surface area is 143 Å². The summed E-state index contributed by atoms with van der Waals surface area (Å²) in [5.74, 6) is 0.0161. The van der Waals surface area contributed by atoms with E-state index in [1.165, 1.54) is 0 Å². The van der Waals surface area contributed by atoms with Crippen molar-refractivity contribution >= 4 is 11.9 Å². The molecule has 1 aromatic rings. The van der Waals surface area contributed by atoms with E-state index in [2.05, 4.69) is 15.5 Å². The number of aliphatic carboxylic acids is 1. The summed E-state index contributed by atoms with van der Waals surface area (Å²) in [5.41, 5.74) is -2.11. The van der Waals surface area contributed by atoms with Crippen molar-refractivity contribution in [3.8, 4) is 0 Å². The van der Waals surface area contributed by atoms with E-state index < -0.39 is 16.9 Å². The maximum atomic E-state index is 12.1. The lowest BCUT2D eigenvalue weighted by atomic mass is 9.74. The molecule has 0 aliphatic rings. The second kappa shape index (κ2) is 6.91. The molecule has 0 aromatic carbocycles. The zero-order valence-electron chi connectivity index (χ0n) is 15.7. The van der Waals surface area contributed by atoms with E-state index in [1.54, 1.807) is 27.7 Å². The van der Waals surface area contributed by atoms with Crippen molar-refractivity contribution < 1.29 is 19.2 Å². The van der Waals surface area contributed by atoms with Crippen LogP contribution in [-0.2, 0) is 21.4 Å². The first-order valence-electron chi connectivity index (χ1n) is 8.15. The zero-order valence-corrected chi connectivity index (χ0v) is 15.7. The summed E-state index contributed by atoms with van der Waals surface area (Å²) in [6, 6.07) is 0. The number of rotatable bonds is 7. The highest BCUT2D eigenvalue weighted by molar-refractivity contribution is 5.80. The third-order valence-corrected chi connectivity index (χ3v) is 4.48. The van der Waals surface area contributed by atoms with Crippen LogP contribution in [0.5, 0.6) is 0 Å². The van der Waals surface area contributed by atoms with Crippen molar-refractivity contribution in [2.45, 2.75) is 78.7 Å². The quantitative estimate of drug-likeness (QED) is 0.791. The highest BCUT2D eigenvalue weighted by atomic mass is 16.5. The Bertz CT molecular complexity index is 597. The summed E-state index contributed by atoms with van der Waals surface area (Å²) in [5, 5.41) is 16.1. The fourth-order valence-corrected chi connectivity index (χ4v) is 1.90. The molecular formula is C17H29N3O4. The van der Waals surface area contributed by atoms with E-state index in [0.717, 1.165) is 0 Å². The van der Waals surface area contributed by atoms with Crippen molar-refractivity contribution in [1.82, 2.24) is 15.5 Å². The van der Waals surface area contributed by atoms with E-state index in [1.807, 2.05) is 20.8 Å². The van der Waals surface area contributed by atoms with Gasteiger partial charge in [-0.25, -0.2) is 0 Å². The lowest BCUT2D eigenvalue weighted by Gasteiger charge is -2.38. The van der Waals surface area contributed by atoms with Gasteiger partial charge in [0.05, 0.1) is 5.41 Å². The normalized spacial score (nSPS) is 13.0. The summed E-state index contributed by atoms with van der Waals surface area (Å²) < 4.78 is 5.19. The topological polar surface area (TPSA) is 105 Å². The van der Waals surface area contributed by atoms with E-state index in [0.29, 0.717) is 24.6 Å². The molecule has 0 aliphatic carbocycles. The molecular weight excluding hydrogens is 310 g/mol. The molecule has 24 heavy (non-hydrogen) atoms. The summed E-state index contributed by atoms with van der Waals surface area (Å²) in [4.78, 5) is 27.8. The Morgan fingerprint density at radius 3 is 2.17 bits per heavy atom. The number of carboxylic acid groups (broad SMARTS) is 1. The van der Waals surface area contributed by atoms with Gasteiger partial charge in [-0.1, -0.05) is 25.9 Å². The minimum absolute atomic E-state index is 0.175. The van der Waals surface area contributed by atoms with Crippen LogP contribution in [0.25, 0.3) is 0 Å². The van der Waals surface area contributed by atoms with E-state index in [-0.39, 0.29) is 17.7 Å². The standard InChI is InChI=1S/C17H29N3O4/c1-15(2,3)13-18-12(24-20-13)10-8-9-11(21)19-17(6,7)16(4,5)14(22)23/h8-10H2,1-7H3,(H,19,21)(H,22,23). The van der Waals surface area contributed by atoms with Gasteiger partial charge in [0.2, 0.25) is 11.8 Å². The molecule has 7 heteroatoms. The molecule has 0 atom stereocenters. The van der Waals surface area contributed by atoms with Crippen molar-refractivity contribution in [1.29, 1.82) is 0 Å². The molecule has 7 nitrogen and oxygen atoms in total. The first kappa shape index (κ1) is 20.1. The number of amides is 1. The van der Waals surface area contributed by atoms with Gasteiger partial charge in [-0.15, -0.1) is 0 Å². The molecule has 0 bridgehead atoms. The lowest BCUT2D eigenvalue weighted by Crippen LogP contribution is -2.56. The molecule has 2 N–H and O–H groups in total. The van der Waals surface area contributed by atoms with Gasteiger partial charge < -0.3 is 14.9 Å². The van der Waals surface area contributed by atoms with Crippen LogP contribution in [0.2, 0.25) is 0 Å². The molecule has 0 fully saturated rings. The van der Waals surface area contributed by atoms with Crippen molar-refractivity contribution in [2.75, 3.05) is 0 Å². The zero-order chi connectivity index (χ0) is 18.8. The number of nitrogens with one attached hydrogen (secondary N) is 1. The Balaban J connectivity index is 2.53. The van der Waals surface area contributed by atoms with E-state index in [4.69, 9.17) is 4.52 Å². The summed E-state index contributed by atoms with van der Waals surface area (Å²) in [6.07, 6.45) is 1.34. The SMILES string of the molecule is CC(C)(C)c1noc(CCCC(=O)NC(C)(C)C(C)(C)C(=O)O)n1. The van der Waals surface area contributed by atoms with Crippen LogP contribution in [0.4, 0.5) is 0 Å². The number of carbonyl (C=O) groups excluding carboxylic acids is 1. The monoisotopic (exact) mass is 339 g/mol. The average Bonchev–Trinajstić information content (AvgIpc) is 2.86. The molecule has 0 aliphatic heterocycles. The second-order valence-corrected chi connectivity index (χ2v) is 8.22. The number of carbonyl (C=O) groups is 2. The first-order valence-corrected chi connectivity index (χ1v) is 8.15. The molecule has 1 amide bonds. The van der Waals surface area contributed by atoms with Gasteiger partial charge in [-0.2, -0.15) is 4.98 Å². The molecule has 1 heterocycles. The molecule has 136 valence electrons. The summed E-state index contributed by atoms with van der Waals surface area (Å²) in [7, 11) is 0. The minimum atomic E-state index is -1.07. The second-order valence-electron chi connectivity index (χ2n) is 8.22. The maximum Gasteiger partial charge on any atom is 0.311 e. The Morgan fingerprint density at radius 2 is 1.71 bits per heavy atom. The largest absolute Gasteiger partial charge is 0.481 e. The lowest BCUT2D eigenvalue weighted by molar-refractivity contribution is -0.151. The molecule has 1 aromatic heterocycles. The predicted octanol–water partition coefficient (Wildman–Crippen LogP) is 2.70. The van der Waals surface area contributed by atoms with Gasteiger partial charge in [-0.3, -0.25) is 9.59 Å². The van der Waals surface area contributed by atoms with Crippen molar-refractivity contribution in [3.05, 3.63) is 11.7 Å². The fourth-order valence-electron chi connectivity index (χ4n) is 1.90.